The Balaban J connectivity index is 1.54. The third kappa shape index (κ3) is 4.57. The summed E-state index contributed by atoms with van der Waals surface area (Å²) >= 11 is 3.41. The molecule has 1 saturated heterocycles. The van der Waals surface area contributed by atoms with Gasteiger partial charge in [0.15, 0.2) is 5.76 Å². The fourth-order valence-corrected chi connectivity index (χ4v) is 3.28. The standard InChI is InChI=1S/C19H20BrN3O4/c1-12-10-13(6-7-14(12)20)22-17(24)11-21-18(25)15-4-2-8-23(15)19(26)16-5-3-9-27-16/h3,5-7,9-10,15H,2,4,8,11H2,1H3,(H,21,25)(H,22,24)/t15-/m0/s1. The van der Waals surface area contributed by atoms with Gasteiger partial charge in [-0.25, -0.2) is 0 Å². The van der Waals surface area contributed by atoms with Crippen LogP contribution in [0.1, 0.15) is 29.0 Å². The molecule has 27 heavy (non-hydrogen) atoms. The normalized spacial score (nSPS) is 16.2. The Hall–Kier alpha value is -2.61. The van der Waals surface area contributed by atoms with Crippen molar-refractivity contribution < 1.29 is 18.8 Å². The molecule has 1 aromatic carbocycles. The molecular weight excluding hydrogens is 414 g/mol. The van der Waals surface area contributed by atoms with E-state index in [1.165, 1.54) is 11.2 Å². The number of hydrogen-bond acceptors (Lipinski definition) is 4. The van der Waals surface area contributed by atoms with Crippen molar-refractivity contribution in [1.29, 1.82) is 0 Å². The highest BCUT2D eigenvalue weighted by Gasteiger charge is 2.35. The largest absolute Gasteiger partial charge is 0.459 e. The summed E-state index contributed by atoms with van der Waals surface area (Å²) < 4.78 is 6.08. The quantitative estimate of drug-likeness (QED) is 0.757. The molecule has 7 nitrogen and oxygen atoms in total. The predicted molar refractivity (Wildman–Crippen MR) is 103 cm³/mol. The van der Waals surface area contributed by atoms with E-state index in [0.29, 0.717) is 18.7 Å². The SMILES string of the molecule is Cc1cc(NC(=O)CNC(=O)[C@@H]2CCCN2C(=O)c2ccco2)ccc1Br. The fraction of sp³-hybridized carbons (Fsp3) is 0.316. The molecule has 0 saturated carbocycles. The minimum absolute atomic E-state index is 0.159. The number of hydrogen-bond donors (Lipinski definition) is 2. The summed E-state index contributed by atoms with van der Waals surface area (Å²) in [6, 6.07) is 8.07. The van der Waals surface area contributed by atoms with E-state index in [2.05, 4.69) is 26.6 Å². The van der Waals surface area contributed by atoms with E-state index in [1.807, 2.05) is 19.1 Å². The van der Waals surface area contributed by atoms with E-state index in [0.717, 1.165) is 16.5 Å². The average molecular weight is 434 g/mol. The summed E-state index contributed by atoms with van der Waals surface area (Å²) in [6.45, 7) is 2.25. The summed E-state index contributed by atoms with van der Waals surface area (Å²) in [6.07, 6.45) is 2.72. The van der Waals surface area contributed by atoms with Crippen LogP contribution in [0.2, 0.25) is 0 Å². The van der Waals surface area contributed by atoms with Crippen LogP contribution in [0, 0.1) is 6.92 Å². The van der Waals surface area contributed by atoms with Crippen molar-refractivity contribution in [2.75, 3.05) is 18.4 Å². The molecule has 2 aromatic rings. The maximum atomic E-state index is 12.5. The van der Waals surface area contributed by atoms with Crippen LogP contribution in [-0.2, 0) is 9.59 Å². The first-order chi connectivity index (χ1) is 13.0. The number of furan rings is 1. The van der Waals surface area contributed by atoms with Gasteiger partial charge in [0, 0.05) is 16.7 Å². The van der Waals surface area contributed by atoms with Crippen molar-refractivity contribution in [2.24, 2.45) is 0 Å². The van der Waals surface area contributed by atoms with Crippen molar-refractivity contribution in [3.8, 4) is 0 Å². The van der Waals surface area contributed by atoms with E-state index >= 15 is 0 Å². The summed E-state index contributed by atoms with van der Waals surface area (Å²) in [5.74, 6) is -0.771. The molecule has 0 unspecified atom stereocenters. The number of amides is 3. The minimum atomic E-state index is -0.592. The third-order valence-electron chi connectivity index (χ3n) is 4.41. The van der Waals surface area contributed by atoms with E-state index in [-0.39, 0.29) is 30.0 Å². The Morgan fingerprint density at radius 2 is 2.11 bits per heavy atom. The smallest absolute Gasteiger partial charge is 0.290 e. The van der Waals surface area contributed by atoms with Crippen molar-refractivity contribution in [3.05, 3.63) is 52.4 Å². The molecule has 1 fully saturated rings. The summed E-state index contributed by atoms with van der Waals surface area (Å²) in [7, 11) is 0. The lowest BCUT2D eigenvalue weighted by Crippen LogP contribution is -2.47. The van der Waals surface area contributed by atoms with E-state index in [4.69, 9.17) is 4.42 Å². The second-order valence-electron chi connectivity index (χ2n) is 6.36. The van der Waals surface area contributed by atoms with Gasteiger partial charge in [-0.05, 0) is 55.7 Å². The van der Waals surface area contributed by atoms with Crippen LogP contribution in [0.5, 0.6) is 0 Å². The van der Waals surface area contributed by atoms with E-state index in [1.54, 1.807) is 18.2 Å². The summed E-state index contributed by atoms with van der Waals surface area (Å²) in [5.41, 5.74) is 1.65. The maximum absolute atomic E-state index is 12.5. The first-order valence-electron chi connectivity index (χ1n) is 8.64. The highest BCUT2D eigenvalue weighted by Crippen LogP contribution is 2.21. The number of aryl methyl sites for hydroxylation is 1. The average Bonchev–Trinajstić information content (AvgIpc) is 3.34. The number of rotatable bonds is 5. The van der Waals surface area contributed by atoms with Gasteiger partial charge in [0.1, 0.15) is 6.04 Å². The van der Waals surface area contributed by atoms with Gasteiger partial charge in [-0.1, -0.05) is 15.9 Å². The Labute approximate surface area is 165 Å². The Morgan fingerprint density at radius 3 is 2.81 bits per heavy atom. The van der Waals surface area contributed by atoms with Crippen LogP contribution < -0.4 is 10.6 Å². The number of halogens is 1. The zero-order chi connectivity index (χ0) is 19.4. The van der Waals surface area contributed by atoms with E-state index < -0.39 is 6.04 Å². The van der Waals surface area contributed by atoms with E-state index in [9.17, 15) is 14.4 Å². The summed E-state index contributed by atoms with van der Waals surface area (Å²) in [4.78, 5) is 38.5. The second kappa shape index (κ2) is 8.39. The van der Waals surface area contributed by atoms with Gasteiger partial charge < -0.3 is 20.0 Å². The number of benzene rings is 1. The molecule has 1 aliphatic heterocycles. The molecule has 3 rings (SSSR count). The molecule has 2 N–H and O–H groups in total. The molecule has 1 atom stereocenters. The molecule has 0 spiro atoms. The third-order valence-corrected chi connectivity index (χ3v) is 5.30. The lowest BCUT2D eigenvalue weighted by Gasteiger charge is -2.22. The Kier molecular flexibility index (Phi) is 5.95. The lowest BCUT2D eigenvalue weighted by atomic mass is 10.2. The number of carbonyl (C=O) groups is 3. The molecule has 1 aliphatic rings. The maximum Gasteiger partial charge on any atom is 0.290 e. The van der Waals surface area contributed by atoms with Gasteiger partial charge in [0.05, 0.1) is 12.8 Å². The minimum Gasteiger partial charge on any atom is -0.459 e. The zero-order valence-corrected chi connectivity index (χ0v) is 16.4. The van der Waals surface area contributed by atoms with Gasteiger partial charge >= 0.3 is 0 Å². The van der Waals surface area contributed by atoms with Crippen molar-refractivity contribution >= 4 is 39.3 Å². The van der Waals surface area contributed by atoms with Crippen molar-refractivity contribution in [3.63, 3.8) is 0 Å². The molecule has 3 amide bonds. The van der Waals surface area contributed by atoms with Crippen LogP contribution >= 0.6 is 15.9 Å². The summed E-state index contributed by atoms with van der Waals surface area (Å²) in [5, 5.41) is 5.36. The molecule has 8 heteroatoms. The monoisotopic (exact) mass is 433 g/mol. The highest BCUT2D eigenvalue weighted by atomic mass is 79.9. The van der Waals surface area contributed by atoms with Gasteiger partial charge in [-0.15, -0.1) is 0 Å². The van der Waals surface area contributed by atoms with Crippen LogP contribution in [-0.4, -0.2) is 41.8 Å². The number of nitrogens with zero attached hydrogens (tertiary/aromatic N) is 1. The predicted octanol–water partition coefficient (Wildman–Crippen LogP) is 2.71. The lowest BCUT2D eigenvalue weighted by molar-refractivity contribution is -0.127. The molecule has 0 bridgehead atoms. The molecule has 1 aromatic heterocycles. The number of carbonyl (C=O) groups excluding carboxylic acids is 3. The molecular formula is C19H20BrN3O4. The number of nitrogens with one attached hydrogen (secondary N) is 2. The van der Waals surface area contributed by atoms with Crippen LogP contribution in [0.4, 0.5) is 5.69 Å². The van der Waals surface area contributed by atoms with Gasteiger partial charge in [-0.2, -0.15) is 0 Å². The van der Waals surface area contributed by atoms with Crippen LogP contribution in [0.25, 0.3) is 0 Å². The topological polar surface area (TPSA) is 91.7 Å². The Bertz CT molecular complexity index is 851. The molecule has 0 aliphatic carbocycles. The fourth-order valence-electron chi connectivity index (χ4n) is 3.04. The zero-order valence-electron chi connectivity index (χ0n) is 14.8. The van der Waals surface area contributed by atoms with Crippen LogP contribution in [0.15, 0.2) is 45.5 Å². The highest BCUT2D eigenvalue weighted by molar-refractivity contribution is 9.10. The van der Waals surface area contributed by atoms with Crippen molar-refractivity contribution in [2.45, 2.75) is 25.8 Å². The van der Waals surface area contributed by atoms with Gasteiger partial charge in [-0.3, -0.25) is 14.4 Å². The number of anilines is 1. The van der Waals surface area contributed by atoms with Gasteiger partial charge in [0.2, 0.25) is 11.8 Å². The molecule has 142 valence electrons. The first kappa shape index (κ1) is 19.2. The molecule has 2 heterocycles. The Morgan fingerprint density at radius 1 is 1.30 bits per heavy atom. The van der Waals surface area contributed by atoms with Crippen LogP contribution in [0.3, 0.4) is 0 Å². The number of likely N-dealkylation sites (tertiary alicyclic amines) is 1. The van der Waals surface area contributed by atoms with Gasteiger partial charge in [0.25, 0.3) is 5.91 Å². The second-order valence-corrected chi connectivity index (χ2v) is 7.22. The van der Waals surface area contributed by atoms with Crippen molar-refractivity contribution in [1.82, 2.24) is 10.2 Å². The first-order valence-corrected chi connectivity index (χ1v) is 9.43. The molecule has 0 radical (unpaired) electrons.